The first-order valence-corrected chi connectivity index (χ1v) is 9.19. The fraction of sp³-hybridized carbons (Fsp3) is 0.136. The molecule has 1 atom stereocenters. The number of hydrogen-bond acceptors (Lipinski definition) is 4. The number of hydrogen-bond donors (Lipinski definition) is 2. The van der Waals surface area contributed by atoms with Crippen LogP contribution in [0, 0.1) is 0 Å². The number of aromatic amines is 1. The van der Waals surface area contributed by atoms with Gasteiger partial charge >= 0.3 is 6.09 Å². The summed E-state index contributed by atoms with van der Waals surface area (Å²) in [7, 11) is 0. The van der Waals surface area contributed by atoms with E-state index in [0.29, 0.717) is 12.8 Å². The van der Waals surface area contributed by atoms with Crippen molar-refractivity contribution in [2.45, 2.75) is 18.9 Å². The molecule has 0 bridgehead atoms. The highest BCUT2D eigenvalue weighted by Crippen LogP contribution is 2.32. The second-order valence-electron chi connectivity index (χ2n) is 6.91. The molecule has 3 heterocycles. The molecule has 2 aromatic heterocycles. The summed E-state index contributed by atoms with van der Waals surface area (Å²) in [6.45, 7) is 0. The number of H-pyrrole nitrogens is 1. The van der Waals surface area contributed by atoms with Crippen molar-refractivity contribution in [2.75, 3.05) is 5.32 Å². The maximum atomic E-state index is 12.2. The SMILES string of the molecule is O=C1Nc2cc3[nH]nc(-c4ccncc4)c3cc2CC(Cc2ccccc2)O1. The number of anilines is 1. The first-order valence-electron chi connectivity index (χ1n) is 9.19. The Labute approximate surface area is 161 Å². The number of fused-ring (bicyclic) bond motifs is 2. The monoisotopic (exact) mass is 370 g/mol. The Morgan fingerprint density at radius 2 is 1.89 bits per heavy atom. The van der Waals surface area contributed by atoms with Gasteiger partial charge < -0.3 is 4.74 Å². The third kappa shape index (κ3) is 3.09. The molecule has 1 amide bonds. The van der Waals surface area contributed by atoms with Crippen LogP contribution >= 0.6 is 0 Å². The first-order chi connectivity index (χ1) is 13.8. The van der Waals surface area contributed by atoms with Crippen LogP contribution in [0.3, 0.4) is 0 Å². The number of aromatic nitrogens is 3. The van der Waals surface area contributed by atoms with Crippen LogP contribution in [0.15, 0.2) is 67.0 Å². The maximum Gasteiger partial charge on any atom is 0.411 e. The Balaban J connectivity index is 1.54. The fourth-order valence-corrected chi connectivity index (χ4v) is 3.69. The summed E-state index contributed by atoms with van der Waals surface area (Å²) in [6, 6.07) is 18.0. The highest BCUT2D eigenvalue weighted by Gasteiger charge is 2.24. The molecule has 1 unspecified atom stereocenters. The highest BCUT2D eigenvalue weighted by molar-refractivity contribution is 5.98. The minimum Gasteiger partial charge on any atom is -0.445 e. The number of amides is 1. The molecule has 138 valence electrons. The summed E-state index contributed by atoms with van der Waals surface area (Å²) in [5.41, 5.74) is 5.68. The smallest absolute Gasteiger partial charge is 0.411 e. The van der Waals surface area contributed by atoms with Crippen molar-refractivity contribution in [3.05, 3.63) is 78.1 Å². The normalized spacial score (nSPS) is 16.1. The van der Waals surface area contributed by atoms with Gasteiger partial charge in [-0.15, -0.1) is 0 Å². The molecule has 0 spiro atoms. The van der Waals surface area contributed by atoms with Crippen molar-refractivity contribution in [3.8, 4) is 11.3 Å². The first kappa shape index (κ1) is 16.5. The lowest BCUT2D eigenvalue weighted by atomic mass is 9.98. The number of nitrogens with zero attached hydrogens (tertiary/aromatic N) is 2. The van der Waals surface area contributed by atoms with Gasteiger partial charge in [-0.1, -0.05) is 30.3 Å². The predicted octanol–water partition coefficient (Wildman–Crippen LogP) is 4.34. The molecule has 1 aliphatic heterocycles. The van der Waals surface area contributed by atoms with Crippen LogP contribution in [0.2, 0.25) is 0 Å². The van der Waals surface area contributed by atoms with E-state index in [-0.39, 0.29) is 6.10 Å². The van der Waals surface area contributed by atoms with Gasteiger partial charge in [0.05, 0.1) is 5.52 Å². The number of cyclic esters (lactones) is 1. The summed E-state index contributed by atoms with van der Waals surface area (Å²) in [5, 5.41) is 11.4. The summed E-state index contributed by atoms with van der Waals surface area (Å²) in [6.07, 6.45) is 4.17. The van der Waals surface area contributed by atoms with E-state index in [2.05, 4.69) is 26.6 Å². The third-order valence-corrected chi connectivity index (χ3v) is 5.00. The van der Waals surface area contributed by atoms with Gasteiger partial charge in [0.2, 0.25) is 0 Å². The standard InChI is InChI=1S/C22H18N4O2/c27-22-24-19-13-20-18(21(26-25-20)15-6-8-23-9-7-15)12-16(19)11-17(28-22)10-14-4-2-1-3-5-14/h1-9,12-13,17H,10-11H2,(H,24,27)(H,25,26). The van der Waals surface area contributed by atoms with Gasteiger partial charge in [0, 0.05) is 41.9 Å². The summed E-state index contributed by atoms with van der Waals surface area (Å²) >= 11 is 0. The molecular formula is C22H18N4O2. The van der Waals surface area contributed by atoms with E-state index in [9.17, 15) is 4.79 Å². The lowest BCUT2D eigenvalue weighted by Gasteiger charge is -2.14. The third-order valence-electron chi connectivity index (χ3n) is 5.00. The number of carbonyl (C=O) groups excluding carboxylic acids is 1. The van der Waals surface area contributed by atoms with Crippen molar-refractivity contribution in [1.82, 2.24) is 15.2 Å². The molecule has 0 saturated carbocycles. The van der Waals surface area contributed by atoms with E-state index in [1.165, 1.54) is 0 Å². The quantitative estimate of drug-likeness (QED) is 0.562. The molecule has 0 fully saturated rings. The molecule has 6 nitrogen and oxygen atoms in total. The Kier molecular flexibility index (Phi) is 4.01. The van der Waals surface area contributed by atoms with Gasteiger partial charge in [0.15, 0.2) is 0 Å². The zero-order valence-corrected chi connectivity index (χ0v) is 15.1. The number of benzene rings is 2. The van der Waals surface area contributed by atoms with Gasteiger partial charge in [-0.2, -0.15) is 5.10 Å². The van der Waals surface area contributed by atoms with E-state index < -0.39 is 6.09 Å². The van der Waals surface area contributed by atoms with Crippen LogP contribution in [0.1, 0.15) is 11.1 Å². The molecule has 4 aromatic rings. The van der Waals surface area contributed by atoms with Gasteiger partial charge in [-0.05, 0) is 35.4 Å². The van der Waals surface area contributed by atoms with E-state index in [0.717, 1.165) is 39.0 Å². The van der Waals surface area contributed by atoms with Gasteiger partial charge in [-0.25, -0.2) is 4.79 Å². The number of carbonyl (C=O) groups is 1. The molecule has 5 rings (SSSR count). The summed E-state index contributed by atoms with van der Waals surface area (Å²) in [5.74, 6) is 0. The van der Waals surface area contributed by atoms with Crippen LogP contribution < -0.4 is 5.32 Å². The van der Waals surface area contributed by atoms with Crippen LogP contribution in [0.4, 0.5) is 10.5 Å². The van der Waals surface area contributed by atoms with Gasteiger partial charge in [0.1, 0.15) is 11.8 Å². The Morgan fingerprint density at radius 3 is 2.71 bits per heavy atom. The second kappa shape index (κ2) is 6.81. The lowest BCUT2D eigenvalue weighted by Crippen LogP contribution is -2.22. The van der Waals surface area contributed by atoms with Gasteiger partial charge in [-0.3, -0.25) is 15.4 Å². The molecule has 28 heavy (non-hydrogen) atoms. The van der Waals surface area contributed by atoms with Crippen molar-refractivity contribution in [3.63, 3.8) is 0 Å². The van der Waals surface area contributed by atoms with Crippen LogP contribution in [0.25, 0.3) is 22.2 Å². The predicted molar refractivity (Wildman–Crippen MR) is 107 cm³/mol. The molecular weight excluding hydrogens is 352 g/mol. The minimum atomic E-state index is -0.423. The van der Waals surface area contributed by atoms with Crippen LogP contribution in [-0.4, -0.2) is 27.4 Å². The lowest BCUT2D eigenvalue weighted by molar-refractivity contribution is 0.113. The Bertz CT molecular complexity index is 1140. The molecule has 1 aliphatic rings. The highest BCUT2D eigenvalue weighted by atomic mass is 16.6. The van der Waals surface area contributed by atoms with Crippen molar-refractivity contribution in [2.24, 2.45) is 0 Å². The molecule has 2 aromatic carbocycles. The fourth-order valence-electron chi connectivity index (χ4n) is 3.69. The molecule has 6 heteroatoms. The maximum absolute atomic E-state index is 12.2. The van der Waals surface area contributed by atoms with Crippen LogP contribution in [-0.2, 0) is 17.6 Å². The molecule has 0 aliphatic carbocycles. The number of nitrogens with one attached hydrogen (secondary N) is 2. The van der Waals surface area contributed by atoms with E-state index in [1.54, 1.807) is 12.4 Å². The Morgan fingerprint density at radius 1 is 1.07 bits per heavy atom. The van der Waals surface area contributed by atoms with E-state index >= 15 is 0 Å². The average molecular weight is 370 g/mol. The minimum absolute atomic E-state index is 0.225. The topological polar surface area (TPSA) is 79.9 Å². The molecule has 0 saturated heterocycles. The second-order valence-corrected chi connectivity index (χ2v) is 6.91. The number of ether oxygens (including phenoxy) is 1. The van der Waals surface area contributed by atoms with Crippen molar-refractivity contribution in [1.29, 1.82) is 0 Å². The zero-order valence-electron chi connectivity index (χ0n) is 15.1. The van der Waals surface area contributed by atoms with E-state index in [4.69, 9.17) is 4.74 Å². The zero-order chi connectivity index (χ0) is 18.9. The average Bonchev–Trinajstić information content (AvgIpc) is 3.05. The number of pyridine rings is 1. The summed E-state index contributed by atoms with van der Waals surface area (Å²) in [4.78, 5) is 16.3. The largest absolute Gasteiger partial charge is 0.445 e. The van der Waals surface area contributed by atoms with Crippen molar-refractivity contribution >= 4 is 22.7 Å². The number of rotatable bonds is 3. The van der Waals surface area contributed by atoms with Crippen molar-refractivity contribution < 1.29 is 9.53 Å². The van der Waals surface area contributed by atoms with E-state index in [1.807, 2.05) is 48.5 Å². The van der Waals surface area contributed by atoms with Crippen LogP contribution in [0.5, 0.6) is 0 Å². The molecule has 0 radical (unpaired) electrons. The molecule has 2 N–H and O–H groups in total. The van der Waals surface area contributed by atoms with Gasteiger partial charge in [0.25, 0.3) is 0 Å². The summed E-state index contributed by atoms with van der Waals surface area (Å²) < 4.78 is 5.63. The Hall–Kier alpha value is -3.67.